The van der Waals surface area contributed by atoms with Gasteiger partial charge in [0.1, 0.15) is 0 Å². The first-order valence-corrected chi connectivity index (χ1v) is 4.60. The summed E-state index contributed by atoms with van der Waals surface area (Å²) in [7, 11) is 0. The molecule has 0 atom stereocenters. The van der Waals surface area contributed by atoms with Gasteiger partial charge in [-0.3, -0.25) is 0 Å². The Bertz CT molecular complexity index is 304. The standard InChI is InChI=1S/C13H17.Y/c1-9(2)12(5)13-10(3)7-6-8-11(13)4;/h6-8H,5H2,1-4H3;/q-1;. The van der Waals surface area contributed by atoms with Crippen LogP contribution in [0, 0.1) is 19.8 Å². The minimum absolute atomic E-state index is 0. The predicted octanol–water partition coefficient (Wildman–Crippen LogP) is 3.93. The van der Waals surface area contributed by atoms with E-state index in [0.717, 1.165) is 5.57 Å². The molecule has 0 unspecified atom stereocenters. The van der Waals surface area contributed by atoms with Crippen LogP contribution in [0.2, 0.25) is 0 Å². The molecule has 0 amide bonds. The van der Waals surface area contributed by atoms with Gasteiger partial charge in [0.05, 0.1) is 0 Å². The van der Waals surface area contributed by atoms with Crippen LogP contribution >= 0.6 is 0 Å². The van der Waals surface area contributed by atoms with Crippen LogP contribution in [0.1, 0.15) is 30.5 Å². The molecule has 0 bridgehead atoms. The summed E-state index contributed by atoms with van der Waals surface area (Å²) >= 11 is 0. The second kappa shape index (κ2) is 5.73. The number of rotatable bonds is 2. The van der Waals surface area contributed by atoms with Gasteiger partial charge in [-0.15, -0.1) is 5.56 Å². The van der Waals surface area contributed by atoms with E-state index in [0.29, 0.717) is 0 Å². The summed E-state index contributed by atoms with van der Waals surface area (Å²) in [6, 6.07) is 6.36. The van der Waals surface area contributed by atoms with Crippen molar-refractivity contribution >= 4 is 5.57 Å². The largest absolute Gasteiger partial charge is 0.198 e. The number of aryl methyl sites for hydroxylation is 2. The average Bonchev–Trinajstić information content (AvgIpc) is 2.03. The van der Waals surface area contributed by atoms with Gasteiger partial charge in [0.2, 0.25) is 0 Å². The first-order chi connectivity index (χ1) is 6.04. The molecule has 0 spiro atoms. The third-order valence-electron chi connectivity index (χ3n) is 2.39. The summed E-state index contributed by atoms with van der Waals surface area (Å²) in [5.74, 6) is 1.29. The van der Waals surface area contributed by atoms with E-state index in [4.69, 9.17) is 0 Å². The summed E-state index contributed by atoms with van der Waals surface area (Å²) in [4.78, 5) is 0. The summed E-state index contributed by atoms with van der Waals surface area (Å²) in [5.41, 5.74) is 5.09. The van der Waals surface area contributed by atoms with Crippen molar-refractivity contribution in [2.45, 2.75) is 27.7 Å². The molecule has 1 aromatic carbocycles. The molecule has 0 saturated carbocycles. The van der Waals surface area contributed by atoms with Crippen molar-refractivity contribution in [3.8, 4) is 0 Å². The molecule has 0 aliphatic carbocycles. The second-order valence-corrected chi connectivity index (χ2v) is 3.75. The van der Waals surface area contributed by atoms with Crippen molar-refractivity contribution in [2.24, 2.45) is 0 Å². The van der Waals surface area contributed by atoms with E-state index in [1.807, 2.05) is 0 Å². The van der Waals surface area contributed by atoms with Gasteiger partial charge in [-0.05, 0) is 0 Å². The van der Waals surface area contributed by atoms with Crippen LogP contribution in [0.5, 0.6) is 0 Å². The first kappa shape index (κ1) is 13.9. The van der Waals surface area contributed by atoms with Crippen LogP contribution in [-0.4, -0.2) is 0 Å². The fourth-order valence-corrected chi connectivity index (χ4v) is 1.54. The molecule has 0 saturated heterocycles. The molecule has 73 valence electrons. The van der Waals surface area contributed by atoms with Crippen LogP contribution in [0.15, 0.2) is 24.8 Å². The fraction of sp³-hybridized carbons (Fsp3) is 0.308. The van der Waals surface area contributed by atoms with Crippen molar-refractivity contribution < 1.29 is 32.7 Å². The SMILES string of the molecule is C=C(c1c(C)cccc1C)[C-](C)C.[Y]. The molecule has 0 N–H and O–H groups in total. The maximum atomic E-state index is 4.11. The normalized spacial score (nSPS) is 9.14. The van der Waals surface area contributed by atoms with Crippen LogP contribution in [-0.2, 0) is 32.7 Å². The number of allylic oxidation sites excluding steroid dienone is 1. The topological polar surface area (TPSA) is 0 Å². The van der Waals surface area contributed by atoms with Gasteiger partial charge in [0, 0.05) is 32.7 Å². The van der Waals surface area contributed by atoms with Crippen LogP contribution in [0.4, 0.5) is 0 Å². The summed E-state index contributed by atoms with van der Waals surface area (Å²) < 4.78 is 0. The van der Waals surface area contributed by atoms with E-state index < -0.39 is 0 Å². The summed E-state index contributed by atoms with van der Waals surface area (Å²) in [6.07, 6.45) is 0. The average molecular weight is 262 g/mol. The predicted molar refractivity (Wildman–Crippen MR) is 59.5 cm³/mol. The Kier molecular flexibility index (Phi) is 5.70. The molecular weight excluding hydrogens is 245 g/mol. The molecule has 1 rings (SSSR count). The van der Waals surface area contributed by atoms with Gasteiger partial charge in [0.25, 0.3) is 0 Å². The van der Waals surface area contributed by atoms with Crippen LogP contribution in [0.3, 0.4) is 0 Å². The minimum Gasteiger partial charge on any atom is -0.198 e. The third-order valence-corrected chi connectivity index (χ3v) is 2.39. The van der Waals surface area contributed by atoms with Gasteiger partial charge in [0.15, 0.2) is 0 Å². The molecule has 1 aromatic rings. The fourth-order valence-electron chi connectivity index (χ4n) is 1.54. The Morgan fingerprint density at radius 3 is 1.93 bits per heavy atom. The second-order valence-electron chi connectivity index (χ2n) is 3.75. The van der Waals surface area contributed by atoms with Gasteiger partial charge in [-0.1, -0.05) is 57.0 Å². The number of hydrogen-bond acceptors (Lipinski definition) is 0. The summed E-state index contributed by atoms with van der Waals surface area (Å²) in [6.45, 7) is 12.6. The van der Waals surface area contributed by atoms with E-state index in [9.17, 15) is 0 Å². The Morgan fingerprint density at radius 2 is 1.57 bits per heavy atom. The molecular formula is C13H17Y-. The number of hydrogen-bond donors (Lipinski definition) is 0. The minimum atomic E-state index is 0. The van der Waals surface area contributed by atoms with Crippen LogP contribution < -0.4 is 0 Å². The van der Waals surface area contributed by atoms with E-state index in [-0.39, 0.29) is 32.7 Å². The van der Waals surface area contributed by atoms with Crippen molar-refractivity contribution in [3.63, 3.8) is 0 Å². The van der Waals surface area contributed by atoms with Gasteiger partial charge in [-0.25, -0.2) is 0 Å². The van der Waals surface area contributed by atoms with Crippen LogP contribution in [0.25, 0.3) is 5.57 Å². The van der Waals surface area contributed by atoms with Crippen molar-refractivity contribution in [2.75, 3.05) is 0 Å². The Hall–Kier alpha value is -0.0661. The zero-order chi connectivity index (χ0) is 10.0. The molecule has 0 aliphatic heterocycles. The smallest absolute Gasteiger partial charge is 0 e. The molecule has 1 radical (unpaired) electrons. The van der Waals surface area contributed by atoms with E-state index in [1.54, 1.807) is 0 Å². The molecule has 14 heavy (non-hydrogen) atoms. The summed E-state index contributed by atoms with van der Waals surface area (Å²) in [5, 5.41) is 0. The van der Waals surface area contributed by atoms with Crippen molar-refractivity contribution in [1.82, 2.24) is 0 Å². The molecule has 0 aliphatic rings. The van der Waals surface area contributed by atoms with Gasteiger partial charge >= 0.3 is 0 Å². The molecule has 0 heterocycles. The maximum absolute atomic E-state index is 4.11. The zero-order valence-electron chi connectivity index (χ0n) is 9.52. The Balaban J connectivity index is 0.00000169. The molecule has 0 fully saturated rings. The number of benzene rings is 1. The van der Waals surface area contributed by atoms with E-state index in [1.165, 1.54) is 22.6 Å². The Labute approximate surface area is 113 Å². The van der Waals surface area contributed by atoms with Crippen molar-refractivity contribution in [1.29, 1.82) is 0 Å². The molecule has 1 heteroatoms. The quantitative estimate of drug-likeness (QED) is 0.708. The monoisotopic (exact) mass is 262 g/mol. The van der Waals surface area contributed by atoms with Crippen molar-refractivity contribution in [3.05, 3.63) is 47.4 Å². The zero-order valence-corrected chi connectivity index (χ0v) is 12.4. The van der Waals surface area contributed by atoms with Gasteiger partial charge in [-0.2, -0.15) is 18.1 Å². The third kappa shape index (κ3) is 2.97. The van der Waals surface area contributed by atoms with E-state index >= 15 is 0 Å². The molecule has 0 aromatic heterocycles. The maximum Gasteiger partial charge on any atom is 0 e. The Morgan fingerprint density at radius 1 is 1.14 bits per heavy atom. The van der Waals surface area contributed by atoms with Gasteiger partial charge < -0.3 is 0 Å². The first-order valence-electron chi connectivity index (χ1n) is 4.60. The molecule has 0 nitrogen and oxygen atoms in total. The van der Waals surface area contributed by atoms with E-state index in [2.05, 4.69) is 52.5 Å².